The van der Waals surface area contributed by atoms with E-state index >= 15 is 0 Å². The summed E-state index contributed by atoms with van der Waals surface area (Å²) in [4.78, 5) is 13.4. The molecule has 1 aromatic carbocycles. The second kappa shape index (κ2) is 3.55. The number of aromatic nitrogens is 1. The summed E-state index contributed by atoms with van der Waals surface area (Å²) in [5.74, 6) is -0.441. The van der Waals surface area contributed by atoms with Gasteiger partial charge in [0.2, 0.25) is 0 Å². The maximum Gasteiger partial charge on any atom is 0.417 e. The van der Waals surface area contributed by atoms with Crippen molar-refractivity contribution in [1.82, 2.24) is 4.98 Å². The molecule has 0 unspecified atom stereocenters. The highest BCUT2D eigenvalue weighted by Gasteiger charge is 2.00. The summed E-state index contributed by atoms with van der Waals surface area (Å²) >= 11 is 0. The summed E-state index contributed by atoms with van der Waals surface area (Å²) in [7, 11) is 1.60. The molecule has 1 heterocycles. The predicted molar refractivity (Wildman–Crippen MR) is 52.3 cm³/mol. The van der Waals surface area contributed by atoms with Crippen molar-refractivity contribution in [3.8, 4) is 0 Å². The van der Waals surface area contributed by atoms with Gasteiger partial charge in [0.25, 0.3) is 0 Å². The number of ether oxygens (including phenoxy) is 1. The Morgan fingerprint density at radius 2 is 2.43 bits per heavy atom. The van der Waals surface area contributed by atoms with E-state index < -0.39 is 5.76 Å². The van der Waals surface area contributed by atoms with Crippen LogP contribution in [0.25, 0.3) is 11.1 Å². The van der Waals surface area contributed by atoms with Gasteiger partial charge < -0.3 is 14.5 Å². The monoisotopic (exact) mass is 194 g/mol. The zero-order valence-electron chi connectivity index (χ0n) is 7.66. The number of methoxy groups -OCH3 is 1. The molecule has 0 saturated carbocycles. The summed E-state index contributed by atoms with van der Waals surface area (Å²) in [6.45, 7) is 0.417. The highest BCUT2D eigenvalue weighted by molar-refractivity contribution is 5.76. The third-order valence-electron chi connectivity index (χ3n) is 1.84. The standard InChI is InChI=1S/C9H10N2O3/c1-13-5-10-6-2-3-7-8(4-6)14-9(12)11-7/h2-4,10H,5H2,1H3,(H,11,12). The van der Waals surface area contributed by atoms with Gasteiger partial charge in [-0.3, -0.25) is 4.98 Å². The Hall–Kier alpha value is -1.75. The average molecular weight is 194 g/mol. The van der Waals surface area contributed by atoms with Crippen molar-refractivity contribution in [3.63, 3.8) is 0 Å². The summed E-state index contributed by atoms with van der Waals surface area (Å²) in [6, 6.07) is 5.36. The third-order valence-corrected chi connectivity index (χ3v) is 1.84. The van der Waals surface area contributed by atoms with Gasteiger partial charge >= 0.3 is 5.76 Å². The van der Waals surface area contributed by atoms with E-state index in [4.69, 9.17) is 9.15 Å². The van der Waals surface area contributed by atoms with Crippen LogP contribution in [-0.2, 0) is 4.74 Å². The van der Waals surface area contributed by atoms with Gasteiger partial charge in [0.05, 0.1) is 5.52 Å². The van der Waals surface area contributed by atoms with Gasteiger partial charge in [-0.15, -0.1) is 0 Å². The Kier molecular flexibility index (Phi) is 2.24. The highest BCUT2D eigenvalue weighted by atomic mass is 16.5. The highest BCUT2D eigenvalue weighted by Crippen LogP contribution is 2.15. The molecule has 0 atom stereocenters. The van der Waals surface area contributed by atoms with Crippen LogP contribution >= 0.6 is 0 Å². The van der Waals surface area contributed by atoms with Crippen molar-refractivity contribution >= 4 is 16.8 Å². The zero-order valence-corrected chi connectivity index (χ0v) is 7.66. The molecule has 1 aromatic heterocycles. The molecule has 0 saturated heterocycles. The summed E-state index contributed by atoms with van der Waals surface area (Å²) in [5.41, 5.74) is 2.08. The Labute approximate surface area is 79.7 Å². The van der Waals surface area contributed by atoms with E-state index in [9.17, 15) is 4.79 Å². The van der Waals surface area contributed by atoms with Crippen LogP contribution in [0.3, 0.4) is 0 Å². The molecule has 2 rings (SSSR count). The first-order chi connectivity index (χ1) is 6.79. The number of hydrogen-bond donors (Lipinski definition) is 2. The van der Waals surface area contributed by atoms with Gasteiger partial charge in [-0.25, -0.2) is 4.79 Å². The van der Waals surface area contributed by atoms with Crippen LogP contribution in [0, 0.1) is 0 Å². The van der Waals surface area contributed by atoms with Crippen molar-refractivity contribution in [2.45, 2.75) is 0 Å². The van der Waals surface area contributed by atoms with E-state index in [0.717, 1.165) is 5.69 Å². The molecule has 0 radical (unpaired) electrons. The van der Waals surface area contributed by atoms with Gasteiger partial charge in [-0.1, -0.05) is 0 Å². The van der Waals surface area contributed by atoms with Crippen molar-refractivity contribution in [1.29, 1.82) is 0 Å². The van der Waals surface area contributed by atoms with E-state index in [1.807, 2.05) is 6.07 Å². The van der Waals surface area contributed by atoms with Crippen molar-refractivity contribution in [2.24, 2.45) is 0 Å². The lowest BCUT2D eigenvalue weighted by atomic mass is 10.3. The Balaban J connectivity index is 2.35. The number of anilines is 1. The van der Waals surface area contributed by atoms with Gasteiger partial charge in [0, 0.05) is 18.9 Å². The summed E-state index contributed by atoms with van der Waals surface area (Å²) in [5, 5.41) is 3.00. The second-order valence-electron chi connectivity index (χ2n) is 2.84. The summed E-state index contributed by atoms with van der Waals surface area (Å²) in [6.07, 6.45) is 0. The minimum absolute atomic E-state index is 0.417. The Morgan fingerprint density at radius 1 is 1.57 bits per heavy atom. The number of aromatic amines is 1. The number of oxazole rings is 1. The van der Waals surface area contributed by atoms with Gasteiger partial charge in [0.1, 0.15) is 6.73 Å². The van der Waals surface area contributed by atoms with Crippen molar-refractivity contribution in [2.75, 3.05) is 19.2 Å². The molecular formula is C9H10N2O3. The molecular weight excluding hydrogens is 184 g/mol. The molecule has 5 nitrogen and oxygen atoms in total. The SMILES string of the molecule is COCNc1ccc2[nH]c(=O)oc2c1. The minimum Gasteiger partial charge on any atom is -0.408 e. The van der Waals surface area contributed by atoms with Gasteiger partial charge in [-0.2, -0.15) is 0 Å². The molecule has 2 aromatic rings. The predicted octanol–water partition coefficient (Wildman–Crippen LogP) is 1.14. The number of rotatable bonds is 3. The van der Waals surface area contributed by atoms with Crippen LogP contribution in [0.4, 0.5) is 5.69 Å². The first-order valence-electron chi connectivity index (χ1n) is 4.15. The van der Waals surface area contributed by atoms with E-state index in [2.05, 4.69) is 10.3 Å². The quantitative estimate of drug-likeness (QED) is 0.719. The number of fused-ring (bicyclic) bond motifs is 1. The molecule has 0 spiro atoms. The number of nitrogens with one attached hydrogen (secondary N) is 2. The molecule has 0 bridgehead atoms. The molecule has 14 heavy (non-hydrogen) atoms. The Bertz CT molecular complexity index is 486. The maximum absolute atomic E-state index is 10.8. The number of hydrogen-bond acceptors (Lipinski definition) is 4. The molecule has 0 aliphatic carbocycles. The molecule has 0 fully saturated rings. The zero-order chi connectivity index (χ0) is 9.97. The molecule has 5 heteroatoms. The fraction of sp³-hybridized carbons (Fsp3) is 0.222. The Morgan fingerprint density at radius 3 is 3.21 bits per heavy atom. The summed E-state index contributed by atoms with van der Waals surface area (Å²) < 4.78 is 9.75. The van der Waals surface area contributed by atoms with Gasteiger partial charge in [0.15, 0.2) is 5.58 Å². The lowest BCUT2D eigenvalue weighted by Crippen LogP contribution is -2.02. The first-order valence-corrected chi connectivity index (χ1v) is 4.15. The topological polar surface area (TPSA) is 67.3 Å². The maximum atomic E-state index is 10.8. The molecule has 0 aliphatic rings. The van der Waals surface area contributed by atoms with E-state index in [-0.39, 0.29) is 0 Å². The largest absolute Gasteiger partial charge is 0.417 e. The minimum atomic E-state index is -0.441. The van der Waals surface area contributed by atoms with Crippen LogP contribution in [0.2, 0.25) is 0 Å². The molecule has 74 valence electrons. The van der Waals surface area contributed by atoms with E-state index in [1.54, 1.807) is 19.2 Å². The smallest absolute Gasteiger partial charge is 0.408 e. The molecule has 2 N–H and O–H groups in total. The van der Waals surface area contributed by atoms with Crippen molar-refractivity contribution in [3.05, 3.63) is 28.7 Å². The van der Waals surface area contributed by atoms with Crippen LogP contribution < -0.4 is 11.1 Å². The normalized spacial score (nSPS) is 10.6. The molecule has 0 amide bonds. The number of H-pyrrole nitrogens is 1. The first kappa shape index (κ1) is 8.83. The van der Waals surface area contributed by atoms with Gasteiger partial charge in [-0.05, 0) is 12.1 Å². The van der Waals surface area contributed by atoms with Crippen LogP contribution in [0.15, 0.2) is 27.4 Å². The van der Waals surface area contributed by atoms with Crippen LogP contribution in [0.5, 0.6) is 0 Å². The molecule has 0 aliphatic heterocycles. The third kappa shape index (κ3) is 1.62. The lowest BCUT2D eigenvalue weighted by molar-refractivity contribution is 0.221. The van der Waals surface area contributed by atoms with E-state index in [1.165, 1.54) is 0 Å². The van der Waals surface area contributed by atoms with Crippen LogP contribution in [-0.4, -0.2) is 18.8 Å². The number of benzene rings is 1. The lowest BCUT2D eigenvalue weighted by Gasteiger charge is -2.03. The van der Waals surface area contributed by atoms with Crippen LogP contribution in [0.1, 0.15) is 0 Å². The van der Waals surface area contributed by atoms with Crippen molar-refractivity contribution < 1.29 is 9.15 Å². The fourth-order valence-corrected chi connectivity index (χ4v) is 1.21. The second-order valence-corrected chi connectivity index (χ2v) is 2.84. The van der Waals surface area contributed by atoms with E-state index in [0.29, 0.717) is 17.8 Å². The fourth-order valence-electron chi connectivity index (χ4n) is 1.21. The average Bonchev–Trinajstić information content (AvgIpc) is 2.54.